The van der Waals surface area contributed by atoms with Crippen molar-refractivity contribution in [3.63, 3.8) is 0 Å². The van der Waals surface area contributed by atoms with Gasteiger partial charge in [-0.1, -0.05) is 18.2 Å². The van der Waals surface area contributed by atoms with Crippen molar-refractivity contribution in [2.24, 2.45) is 0 Å². The third-order valence-corrected chi connectivity index (χ3v) is 4.55. The number of amides is 1. The lowest BCUT2D eigenvalue weighted by Crippen LogP contribution is -2.45. The zero-order chi connectivity index (χ0) is 17.1. The first kappa shape index (κ1) is 16.0. The van der Waals surface area contributed by atoms with Crippen molar-refractivity contribution < 1.29 is 14.3 Å². The van der Waals surface area contributed by atoms with Gasteiger partial charge in [-0.15, -0.1) is 0 Å². The first-order chi connectivity index (χ1) is 12.2. The molecule has 2 aliphatic rings. The second kappa shape index (κ2) is 6.78. The Kier molecular flexibility index (Phi) is 4.33. The quantitative estimate of drug-likeness (QED) is 0.922. The summed E-state index contributed by atoms with van der Waals surface area (Å²) in [6.07, 6.45) is 4.72. The highest BCUT2D eigenvalue weighted by molar-refractivity contribution is 6.03. The fourth-order valence-electron chi connectivity index (χ4n) is 3.16. The number of rotatable bonds is 3. The van der Waals surface area contributed by atoms with E-state index in [9.17, 15) is 4.79 Å². The van der Waals surface area contributed by atoms with E-state index in [0.717, 1.165) is 31.6 Å². The molecule has 1 amide bonds. The lowest BCUT2D eigenvalue weighted by atomic mass is 10.0. The summed E-state index contributed by atoms with van der Waals surface area (Å²) in [4.78, 5) is 23.0. The van der Waals surface area contributed by atoms with E-state index >= 15 is 0 Å². The van der Waals surface area contributed by atoms with Crippen LogP contribution in [0.2, 0.25) is 0 Å². The number of piperidine rings is 1. The van der Waals surface area contributed by atoms with Crippen molar-refractivity contribution in [1.82, 2.24) is 9.97 Å². The van der Waals surface area contributed by atoms with Crippen LogP contribution in [0.3, 0.4) is 0 Å². The van der Waals surface area contributed by atoms with E-state index in [0.29, 0.717) is 24.7 Å². The molecule has 2 aliphatic heterocycles. The molecule has 7 heteroatoms. The van der Waals surface area contributed by atoms with Crippen molar-refractivity contribution in [2.75, 3.05) is 36.5 Å². The molecular formula is C18H20N4O3. The number of hydrogen-bond acceptors (Lipinski definition) is 6. The van der Waals surface area contributed by atoms with E-state index in [-0.39, 0.29) is 5.91 Å². The monoisotopic (exact) mass is 340 g/mol. The number of nitrogens with zero attached hydrogens (tertiary/aromatic N) is 3. The molecule has 0 saturated carbocycles. The molecule has 4 rings (SSSR count). The second-order valence-electron chi connectivity index (χ2n) is 6.19. The third-order valence-electron chi connectivity index (χ3n) is 4.55. The molecule has 1 spiro atoms. The maximum Gasteiger partial charge on any atom is 0.258 e. The topological polar surface area (TPSA) is 76.6 Å². The molecule has 2 saturated heterocycles. The highest BCUT2D eigenvalue weighted by atomic mass is 16.7. The van der Waals surface area contributed by atoms with Gasteiger partial charge >= 0.3 is 0 Å². The number of ether oxygens (including phenoxy) is 2. The maximum atomic E-state index is 12.2. The van der Waals surface area contributed by atoms with Crippen LogP contribution in [0.15, 0.2) is 42.7 Å². The van der Waals surface area contributed by atoms with Crippen LogP contribution in [0.25, 0.3) is 0 Å². The standard InChI is InChI=1S/C18H20N4O3/c23-16(21-15-4-2-1-3-5-15)14-12-19-17(20-13-14)22-8-6-18(7-9-22)24-10-11-25-18/h1-5,12-13H,6-11H2,(H,21,23). The van der Waals surface area contributed by atoms with Gasteiger partial charge in [0.15, 0.2) is 5.79 Å². The molecule has 2 fully saturated rings. The molecular weight excluding hydrogens is 320 g/mol. The normalized spacial score (nSPS) is 19.1. The minimum atomic E-state index is -0.411. The summed E-state index contributed by atoms with van der Waals surface area (Å²) in [6, 6.07) is 9.32. The predicted molar refractivity (Wildman–Crippen MR) is 92.5 cm³/mol. The lowest BCUT2D eigenvalue weighted by molar-refractivity contribution is -0.169. The molecule has 1 aromatic carbocycles. The summed E-state index contributed by atoms with van der Waals surface area (Å²) in [5.41, 5.74) is 1.18. The van der Waals surface area contributed by atoms with Crippen LogP contribution in [-0.2, 0) is 9.47 Å². The Morgan fingerprint density at radius 3 is 2.32 bits per heavy atom. The van der Waals surface area contributed by atoms with Gasteiger partial charge in [0.2, 0.25) is 5.95 Å². The van der Waals surface area contributed by atoms with Crippen LogP contribution in [0.1, 0.15) is 23.2 Å². The summed E-state index contributed by atoms with van der Waals surface area (Å²) in [7, 11) is 0. The number of hydrogen-bond donors (Lipinski definition) is 1. The number of carbonyl (C=O) groups is 1. The van der Waals surface area contributed by atoms with Crippen molar-refractivity contribution in [2.45, 2.75) is 18.6 Å². The van der Waals surface area contributed by atoms with Crippen molar-refractivity contribution in [3.05, 3.63) is 48.3 Å². The van der Waals surface area contributed by atoms with Gasteiger partial charge in [-0.2, -0.15) is 0 Å². The molecule has 0 radical (unpaired) electrons. The van der Waals surface area contributed by atoms with Crippen LogP contribution in [0.5, 0.6) is 0 Å². The average molecular weight is 340 g/mol. The van der Waals surface area contributed by atoms with Crippen LogP contribution >= 0.6 is 0 Å². The number of nitrogens with one attached hydrogen (secondary N) is 1. The summed E-state index contributed by atoms with van der Waals surface area (Å²) < 4.78 is 11.5. The number of benzene rings is 1. The summed E-state index contributed by atoms with van der Waals surface area (Å²) in [6.45, 7) is 2.88. The van der Waals surface area contributed by atoms with Crippen LogP contribution in [0, 0.1) is 0 Å². The highest BCUT2D eigenvalue weighted by Gasteiger charge is 2.40. The highest BCUT2D eigenvalue weighted by Crippen LogP contribution is 2.32. The van der Waals surface area contributed by atoms with Gasteiger partial charge in [0.1, 0.15) is 0 Å². The maximum absolute atomic E-state index is 12.2. The largest absolute Gasteiger partial charge is 0.347 e. The minimum Gasteiger partial charge on any atom is -0.347 e. The van der Waals surface area contributed by atoms with Gasteiger partial charge < -0.3 is 19.7 Å². The summed E-state index contributed by atoms with van der Waals surface area (Å²) in [5.74, 6) is -0.00125. The fourth-order valence-corrected chi connectivity index (χ4v) is 3.16. The number of anilines is 2. The Labute approximate surface area is 146 Å². The Bertz CT molecular complexity index is 720. The molecule has 0 unspecified atom stereocenters. The Morgan fingerprint density at radius 2 is 1.68 bits per heavy atom. The first-order valence-corrected chi connectivity index (χ1v) is 8.45. The Morgan fingerprint density at radius 1 is 1.04 bits per heavy atom. The molecule has 1 aromatic heterocycles. The van der Waals surface area contributed by atoms with Crippen molar-refractivity contribution in [1.29, 1.82) is 0 Å². The van der Waals surface area contributed by atoms with Crippen molar-refractivity contribution in [3.8, 4) is 0 Å². The number of aromatic nitrogens is 2. The molecule has 130 valence electrons. The van der Waals surface area contributed by atoms with Crippen LogP contribution in [0.4, 0.5) is 11.6 Å². The molecule has 0 aliphatic carbocycles. The van der Waals surface area contributed by atoms with Crippen LogP contribution < -0.4 is 10.2 Å². The molecule has 0 bridgehead atoms. The van der Waals surface area contributed by atoms with Gasteiger partial charge in [0, 0.05) is 44.0 Å². The molecule has 1 N–H and O–H groups in total. The zero-order valence-corrected chi connectivity index (χ0v) is 13.9. The number of carbonyl (C=O) groups excluding carboxylic acids is 1. The molecule has 3 heterocycles. The third kappa shape index (κ3) is 3.47. The molecule has 7 nitrogen and oxygen atoms in total. The summed E-state index contributed by atoms with van der Waals surface area (Å²) >= 11 is 0. The Balaban J connectivity index is 1.38. The predicted octanol–water partition coefficient (Wildman–Crippen LogP) is 2.07. The molecule has 2 aromatic rings. The number of para-hydroxylation sites is 1. The van der Waals surface area contributed by atoms with E-state index < -0.39 is 5.79 Å². The average Bonchev–Trinajstić information content (AvgIpc) is 3.11. The molecule has 0 atom stereocenters. The second-order valence-corrected chi connectivity index (χ2v) is 6.19. The fraction of sp³-hybridized carbons (Fsp3) is 0.389. The minimum absolute atomic E-state index is 0.219. The van der Waals surface area contributed by atoms with E-state index in [2.05, 4.69) is 20.2 Å². The van der Waals surface area contributed by atoms with Gasteiger partial charge in [0.05, 0.1) is 18.8 Å². The van der Waals surface area contributed by atoms with Gasteiger partial charge in [-0.25, -0.2) is 9.97 Å². The van der Waals surface area contributed by atoms with E-state index in [1.807, 2.05) is 30.3 Å². The van der Waals surface area contributed by atoms with E-state index in [1.165, 1.54) is 0 Å². The van der Waals surface area contributed by atoms with Crippen LogP contribution in [-0.4, -0.2) is 48.0 Å². The van der Waals surface area contributed by atoms with E-state index in [1.54, 1.807) is 12.4 Å². The summed E-state index contributed by atoms with van der Waals surface area (Å²) in [5, 5.41) is 2.82. The molecule has 25 heavy (non-hydrogen) atoms. The SMILES string of the molecule is O=C(Nc1ccccc1)c1cnc(N2CCC3(CC2)OCCO3)nc1. The van der Waals surface area contributed by atoms with Crippen molar-refractivity contribution >= 4 is 17.5 Å². The smallest absolute Gasteiger partial charge is 0.258 e. The lowest BCUT2D eigenvalue weighted by Gasteiger charge is -2.37. The van der Waals surface area contributed by atoms with Gasteiger partial charge in [0.25, 0.3) is 5.91 Å². The first-order valence-electron chi connectivity index (χ1n) is 8.45. The zero-order valence-electron chi connectivity index (χ0n) is 13.9. The van der Waals surface area contributed by atoms with Gasteiger partial charge in [-0.3, -0.25) is 4.79 Å². The Hall–Kier alpha value is -2.51. The van der Waals surface area contributed by atoms with Gasteiger partial charge in [-0.05, 0) is 12.1 Å². The van der Waals surface area contributed by atoms with E-state index in [4.69, 9.17) is 9.47 Å².